The Balaban J connectivity index is 1.56. The van der Waals surface area contributed by atoms with Gasteiger partial charge < -0.3 is 19.7 Å². The molecule has 1 N–H and O–H groups in total. The molecule has 0 radical (unpaired) electrons. The van der Waals surface area contributed by atoms with Crippen molar-refractivity contribution in [3.05, 3.63) is 59.7 Å². The Morgan fingerprint density at radius 1 is 1.14 bits per heavy atom. The normalized spacial score (nSPS) is 14.4. The van der Waals surface area contributed by atoms with Crippen LogP contribution in [0, 0.1) is 0 Å². The maximum Gasteiger partial charge on any atom is 0.338 e. The van der Waals surface area contributed by atoms with Gasteiger partial charge >= 0.3 is 5.97 Å². The number of para-hydroxylation sites is 2. The first kappa shape index (κ1) is 20.4. The van der Waals surface area contributed by atoms with Crippen molar-refractivity contribution < 1.29 is 23.9 Å². The van der Waals surface area contributed by atoms with Crippen LogP contribution in [0.2, 0.25) is 0 Å². The molecule has 1 saturated heterocycles. The molecule has 152 valence electrons. The van der Waals surface area contributed by atoms with E-state index in [0.717, 1.165) is 18.5 Å². The predicted octanol–water partition coefficient (Wildman–Crippen LogP) is 3.00. The zero-order chi connectivity index (χ0) is 20.8. The topological polar surface area (TPSA) is 84.9 Å². The lowest BCUT2D eigenvalue weighted by atomic mass is 10.1. The van der Waals surface area contributed by atoms with Gasteiger partial charge in [-0.25, -0.2) is 4.79 Å². The van der Waals surface area contributed by atoms with Crippen LogP contribution in [0.5, 0.6) is 5.75 Å². The minimum absolute atomic E-state index is 0.156. The number of rotatable bonds is 7. The second kappa shape index (κ2) is 9.23. The molecule has 1 heterocycles. The highest BCUT2D eigenvalue weighted by atomic mass is 16.5. The van der Waals surface area contributed by atoms with E-state index >= 15 is 0 Å². The van der Waals surface area contributed by atoms with E-state index in [0.29, 0.717) is 30.0 Å². The number of carbonyl (C=O) groups excluding carboxylic acids is 3. The molecule has 3 rings (SSSR count). The fourth-order valence-electron chi connectivity index (χ4n) is 3.10. The van der Waals surface area contributed by atoms with Gasteiger partial charge in [0.25, 0.3) is 5.91 Å². The number of methoxy groups -OCH3 is 1. The third-order valence-corrected chi connectivity index (χ3v) is 4.75. The smallest absolute Gasteiger partial charge is 0.338 e. The number of nitrogens with zero attached hydrogens (tertiary/aromatic N) is 1. The van der Waals surface area contributed by atoms with Crippen LogP contribution in [-0.2, 0) is 20.9 Å². The van der Waals surface area contributed by atoms with E-state index in [4.69, 9.17) is 9.47 Å². The summed E-state index contributed by atoms with van der Waals surface area (Å²) in [4.78, 5) is 38.2. The average Bonchev–Trinajstić information content (AvgIpc) is 3.13. The van der Waals surface area contributed by atoms with Crippen molar-refractivity contribution in [3.8, 4) is 5.75 Å². The predicted molar refractivity (Wildman–Crippen MR) is 108 cm³/mol. The van der Waals surface area contributed by atoms with E-state index in [1.807, 2.05) is 0 Å². The first-order valence-electron chi connectivity index (χ1n) is 9.49. The standard InChI is InChI=1S/C22H24N2O5/c1-15(21(26)23-18-6-3-4-7-19(18)28-2)29-22(27)17-11-9-16(10-12-17)14-24-13-5-8-20(24)25/h3-4,6-7,9-12,15H,5,8,13-14H2,1-2H3,(H,23,26)/t15-/m0/s1. The molecule has 2 amide bonds. The van der Waals surface area contributed by atoms with Gasteiger partial charge in [-0.3, -0.25) is 9.59 Å². The van der Waals surface area contributed by atoms with Gasteiger partial charge in [0.1, 0.15) is 5.75 Å². The Morgan fingerprint density at radius 2 is 1.86 bits per heavy atom. The number of ether oxygens (including phenoxy) is 2. The van der Waals surface area contributed by atoms with Gasteiger partial charge in [-0.05, 0) is 43.2 Å². The van der Waals surface area contributed by atoms with E-state index in [1.54, 1.807) is 53.4 Å². The van der Waals surface area contributed by atoms with Crippen LogP contribution < -0.4 is 10.1 Å². The fraction of sp³-hybridized carbons (Fsp3) is 0.318. The highest BCUT2D eigenvalue weighted by Crippen LogP contribution is 2.23. The minimum Gasteiger partial charge on any atom is -0.495 e. The number of amides is 2. The summed E-state index contributed by atoms with van der Waals surface area (Å²) in [6.07, 6.45) is 0.506. The second-order valence-electron chi connectivity index (χ2n) is 6.85. The van der Waals surface area contributed by atoms with Crippen LogP contribution in [0.25, 0.3) is 0 Å². The molecule has 1 atom stereocenters. The highest BCUT2D eigenvalue weighted by Gasteiger charge is 2.22. The quantitative estimate of drug-likeness (QED) is 0.728. The summed E-state index contributed by atoms with van der Waals surface area (Å²) in [5.41, 5.74) is 1.79. The first-order chi connectivity index (χ1) is 14.0. The number of anilines is 1. The van der Waals surface area contributed by atoms with Gasteiger partial charge in [-0.15, -0.1) is 0 Å². The first-order valence-corrected chi connectivity index (χ1v) is 9.49. The van der Waals surface area contributed by atoms with Crippen molar-refractivity contribution in [2.24, 2.45) is 0 Å². The van der Waals surface area contributed by atoms with E-state index in [1.165, 1.54) is 14.0 Å². The number of benzene rings is 2. The molecule has 0 aliphatic carbocycles. The molecular weight excluding hydrogens is 372 g/mol. The zero-order valence-electron chi connectivity index (χ0n) is 16.5. The van der Waals surface area contributed by atoms with Crippen molar-refractivity contribution in [1.29, 1.82) is 0 Å². The lowest BCUT2D eigenvalue weighted by Gasteiger charge is -2.16. The molecule has 0 spiro atoms. The molecule has 1 aliphatic rings. The Labute approximate surface area is 169 Å². The minimum atomic E-state index is -0.977. The maximum atomic E-state index is 12.4. The molecule has 7 nitrogen and oxygen atoms in total. The average molecular weight is 396 g/mol. The van der Waals surface area contributed by atoms with Crippen molar-refractivity contribution in [3.63, 3.8) is 0 Å². The van der Waals surface area contributed by atoms with Gasteiger partial charge in [0.05, 0.1) is 18.4 Å². The van der Waals surface area contributed by atoms with Crippen LogP contribution in [0.3, 0.4) is 0 Å². The molecule has 1 aliphatic heterocycles. The van der Waals surface area contributed by atoms with Crippen LogP contribution in [0.4, 0.5) is 5.69 Å². The lowest BCUT2D eigenvalue weighted by molar-refractivity contribution is -0.128. The monoisotopic (exact) mass is 396 g/mol. The molecule has 2 aromatic carbocycles. The number of carbonyl (C=O) groups is 3. The van der Waals surface area contributed by atoms with Gasteiger partial charge in [-0.2, -0.15) is 0 Å². The molecule has 0 saturated carbocycles. The molecule has 0 aromatic heterocycles. The van der Waals surface area contributed by atoms with Gasteiger partial charge in [0.2, 0.25) is 5.91 Å². The molecular formula is C22H24N2O5. The number of hydrogen-bond acceptors (Lipinski definition) is 5. The van der Waals surface area contributed by atoms with E-state index in [-0.39, 0.29) is 5.91 Å². The van der Waals surface area contributed by atoms with Crippen molar-refractivity contribution in [2.75, 3.05) is 19.0 Å². The molecule has 1 fully saturated rings. The molecule has 29 heavy (non-hydrogen) atoms. The van der Waals surface area contributed by atoms with Gasteiger partial charge in [0, 0.05) is 19.5 Å². The molecule has 2 aromatic rings. The third kappa shape index (κ3) is 5.13. The largest absolute Gasteiger partial charge is 0.495 e. The summed E-state index contributed by atoms with van der Waals surface area (Å²) >= 11 is 0. The number of esters is 1. The number of nitrogens with one attached hydrogen (secondary N) is 1. The van der Waals surface area contributed by atoms with Crippen LogP contribution >= 0.6 is 0 Å². The maximum absolute atomic E-state index is 12.4. The summed E-state index contributed by atoms with van der Waals surface area (Å²) in [6, 6.07) is 13.9. The Kier molecular flexibility index (Phi) is 6.49. The zero-order valence-corrected chi connectivity index (χ0v) is 16.5. The summed E-state index contributed by atoms with van der Waals surface area (Å²) in [5.74, 6) is -0.363. The SMILES string of the molecule is COc1ccccc1NC(=O)[C@H](C)OC(=O)c1ccc(CN2CCCC2=O)cc1. The van der Waals surface area contributed by atoms with E-state index in [2.05, 4.69) is 5.32 Å². The fourth-order valence-corrected chi connectivity index (χ4v) is 3.10. The van der Waals surface area contributed by atoms with Crippen molar-refractivity contribution in [2.45, 2.75) is 32.4 Å². The Bertz CT molecular complexity index is 894. The van der Waals surface area contributed by atoms with Crippen LogP contribution in [0.1, 0.15) is 35.7 Å². The number of likely N-dealkylation sites (tertiary alicyclic amines) is 1. The molecule has 0 unspecified atom stereocenters. The van der Waals surface area contributed by atoms with E-state index < -0.39 is 18.0 Å². The second-order valence-corrected chi connectivity index (χ2v) is 6.85. The molecule has 7 heteroatoms. The number of hydrogen-bond donors (Lipinski definition) is 1. The van der Waals surface area contributed by atoms with Crippen LogP contribution in [0.15, 0.2) is 48.5 Å². The lowest BCUT2D eigenvalue weighted by Crippen LogP contribution is -2.30. The van der Waals surface area contributed by atoms with Crippen molar-refractivity contribution >= 4 is 23.5 Å². The van der Waals surface area contributed by atoms with E-state index in [9.17, 15) is 14.4 Å². The van der Waals surface area contributed by atoms with Gasteiger partial charge in [0.15, 0.2) is 6.10 Å². The summed E-state index contributed by atoms with van der Waals surface area (Å²) in [6.45, 7) is 2.81. The summed E-state index contributed by atoms with van der Waals surface area (Å²) in [7, 11) is 1.51. The van der Waals surface area contributed by atoms with Crippen molar-refractivity contribution in [1.82, 2.24) is 4.90 Å². The Hall–Kier alpha value is -3.35. The van der Waals surface area contributed by atoms with Gasteiger partial charge in [-0.1, -0.05) is 24.3 Å². The summed E-state index contributed by atoms with van der Waals surface area (Å²) < 4.78 is 10.5. The summed E-state index contributed by atoms with van der Waals surface area (Å²) in [5, 5.41) is 2.69. The Morgan fingerprint density at radius 3 is 2.52 bits per heavy atom. The van der Waals surface area contributed by atoms with Crippen LogP contribution in [-0.4, -0.2) is 42.4 Å². The molecule has 0 bridgehead atoms. The third-order valence-electron chi connectivity index (χ3n) is 4.75. The highest BCUT2D eigenvalue weighted by molar-refractivity contribution is 5.98.